The summed E-state index contributed by atoms with van der Waals surface area (Å²) in [4.78, 5) is 7.87. The average Bonchev–Trinajstić information content (AvgIpc) is 2.45. The first-order chi connectivity index (χ1) is 7.04. The van der Waals surface area contributed by atoms with E-state index in [-0.39, 0.29) is 0 Å². The summed E-state index contributed by atoms with van der Waals surface area (Å²) in [6.45, 7) is 9.56. The van der Waals surface area contributed by atoms with Crippen molar-refractivity contribution in [1.82, 2.24) is 9.88 Å². The summed E-state index contributed by atoms with van der Waals surface area (Å²) in [5, 5.41) is 9.82. The third-order valence-electron chi connectivity index (χ3n) is 2.42. The van der Waals surface area contributed by atoms with Crippen molar-refractivity contribution in [3.8, 4) is 6.07 Å². The van der Waals surface area contributed by atoms with E-state index < -0.39 is 0 Å². The Morgan fingerprint density at radius 1 is 1.47 bits per heavy atom. The van der Waals surface area contributed by atoms with E-state index in [0.29, 0.717) is 12.6 Å². The van der Waals surface area contributed by atoms with E-state index in [0.717, 1.165) is 17.2 Å². The van der Waals surface area contributed by atoms with Crippen molar-refractivity contribution in [3.05, 3.63) is 15.6 Å². The van der Waals surface area contributed by atoms with Crippen molar-refractivity contribution in [3.63, 3.8) is 0 Å². The van der Waals surface area contributed by atoms with Gasteiger partial charge >= 0.3 is 0 Å². The van der Waals surface area contributed by atoms with Gasteiger partial charge in [-0.15, -0.1) is 11.3 Å². The van der Waals surface area contributed by atoms with Crippen LogP contribution in [0.2, 0.25) is 0 Å². The second kappa shape index (κ2) is 5.24. The summed E-state index contributed by atoms with van der Waals surface area (Å²) < 4.78 is 0. The zero-order valence-electron chi connectivity index (χ0n) is 9.74. The Balaban J connectivity index is 2.70. The lowest BCUT2D eigenvalue weighted by atomic mass is 10.3. The largest absolute Gasteiger partial charge is 0.281 e. The van der Waals surface area contributed by atoms with Crippen LogP contribution in [0.15, 0.2) is 0 Å². The monoisotopic (exact) mass is 223 g/mol. The summed E-state index contributed by atoms with van der Waals surface area (Å²) in [5.74, 6) is 0. The van der Waals surface area contributed by atoms with Gasteiger partial charge in [0.1, 0.15) is 5.01 Å². The molecule has 0 bridgehead atoms. The second-order valence-corrected chi connectivity index (χ2v) is 5.19. The van der Waals surface area contributed by atoms with Crippen molar-refractivity contribution in [2.75, 3.05) is 6.54 Å². The summed E-state index contributed by atoms with van der Waals surface area (Å²) >= 11 is 1.72. The molecule has 0 fully saturated rings. The van der Waals surface area contributed by atoms with Crippen molar-refractivity contribution in [1.29, 1.82) is 5.26 Å². The molecule has 0 aliphatic rings. The minimum atomic E-state index is 0.383. The average molecular weight is 223 g/mol. The topological polar surface area (TPSA) is 39.9 Å². The highest BCUT2D eigenvalue weighted by Gasteiger charge is 2.12. The molecule has 3 nitrogen and oxygen atoms in total. The van der Waals surface area contributed by atoms with Crippen LogP contribution in [0.4, 0.5) is 0 Å². The number of aryl methyl sites for hydroxylation is 2. The van der Waals surface area contributed by atoms with Crippen LogP contribution in [0.1, 0.15) is 29.4 Å². The Morgan fingerprint density at radius 3 is 2.53 bits per heavy atom. The van der Waals surface area contributed by atoms with E-state index >= 15 is 0 Å². The predicted molar refractivity (Wildman–Crippen MR) is 62.7 cm³/mol. The van der Waals surface area contributed by atoms with Crippen LogP contribution < -0.4 is 0 Å². The molecule has 0 radical (unpaired) electrons. The zero-order chi connectivity index (χ0) is 11.4. The number of thiazole rings is 1. The molecule has 0 N–H and O–H groups in total. The molecule has 0 aromatic carbocycles. The fourth-order valence-corrected chi connectivity index (χ4v) is 2.25. The highest BCUT2D eigenvalue weighted by Crippen LogP contribution is 2.18. The lowest BCUT2D eigenvalue weighted by Gasteiger charge is -2.21. The van der Waals surface area contributed by atoms with Crippen LogP contribution in [0, 0.1) is 25.2 Å². The third-order valence-corrected chi connectivity index (χ3v) is 3.47. The first-order valence-corrected chi connectivity index (χ1v) is 5.90. The molecular formula is C11H17N3S. The standard InChI is InChI=1S/C11H17N3S/c1-8(2)14(6-5-12)7-11-13-9(3)10(4)15-11/h8H,6-7H2,1-4H3. The molecule has 1 aromatic heterocycles. The maximum absolute atomic E-state index is 8.71. The van der Waals surface area contributed by atoms with Crippen molar-refractivity contribution in [2.24, 2.45) is 0 Å². The summed E-state index contributed by atoms with van der Waals surface area (Å²) in [5.41, 5.74) is 1.11. The molecule has 1 heterocycles. The molecule has 0 aliphatic heterocycles. The highest BCUT2D eigenvalue weighted by atomic mass is 32.1. The van der Waals surface area contributed by atoms with Crippen LogP contribution in [-0.4, -0.2) is 22.5 Å². The Hall–Kier alpha value is -0.920. The van der Waals surface area contributed by atoms with E-state index in [1.807, 2.05) is 6.92 Å². The van der Waals surface area contributed by atoms with Crippen molar-refractivity contribution < 1.29 is 0 Å². The Bertz CT molecular complexity index is 343. The summed E-state index contributed by atoms with van der Waals surface area (Å²) in [6.07, 6.45) is 0. The van der Waals surface area contributed by atoms with Crippen LogP contribution in [0.25, 0.3) is 0 Å². The molecule has 82 valence electrons. The molecule has 1 aromatic rings. The SMILES string of the molecule is Cc1nc(CN(CC#N)C(C)C)sc1C. The number of nitrogens with zero attached hydrogens (tertiary/aromatic N) is 3. The number of rotatable bonds is 4. The van der Waals surface area contributed by atoms with Gasteiger partial charge < -0.3 is 0 Å². The van der Waals surface area contributed by atoms with Gasteiger partial charge in [0, 0.05) is 10.9 Å². The lowest BCUT2D eigenvalue weighted by molar-refractivity contribution is 0.240. The fourth-order valence-electron chi connectivity index (χ4n) is 1.29. The maximum Gasteiger partial charge on any atom is 0.107 e. The van der Waals surface area contributed by atoms with E-state index in [1.54, 1.807) is 11.3 Å². The normalized spacial score (nSPS) is 11.0. The molecule has 0 saturated carbocycles. The minimum Gasteiger partial charge on any atom is -0.281 e. The van der Waals surface area contributed by atoms with E-state index in [1.165, 1.54) is 4.88 Å². The summed E-state index contributed by atoms with van der Waals surface area (Å²) in [7, 11) is 0. The van der Waals surface area contributed by atoms with E-state index in [9.17, 15) is 0 Å². The first kappa shape index (κ1) is 12.2. The summed E-state index contributed by atoms with van der Waals surface area (Å²) in [6, 6.07) is 2.58. The predicted octanol–water partition coefficient (Wildman–Crippen LogP) is 2.49. The maximum atomic E-state index is 8.71. The van der Waals surface area contributed by atoms with Crippen molar-refractivity contribution in [2.45, 2.75) is 40.3 Å². The number of aromatic nitrogens is 1. The van der Waals surface area contributed by atoms with Crippen molar-refractivity contribution >= 4 is 11.3 Å². The van der Waals surface area contributed by atoms with E-state index in [2.05, 4.69) is 36.7 Å². The first-order valence-electron chi connectivity index (χ1n) is 5.08. The van der Waals surface area contributed by atoms with Crippen LogP contribution >= 0.6 is 11.3 Å². The number of hydrogen-bond donors (Lipinski definition) is 0. The molecule has 0 aliphatic carbocycles. The van der Waals surface area contributed by atoms with Gasteiger partial charge in [-0.25, -0.2) is 4.98 Å². The van der Waals surface area contributed by atoms with Gasteiger partial charge in [-0.05, 0) is 27.7 Å². The smallest absolute Gasteiger partial charge is 0.107 e. The van der Waals surface area contributed by atoms with Crippen LogP contribution in [-0.2, 0) is 6.54 Å². The molecule has 0 atom stereocenters. The fraction of sp³-hybridized carbons (Fsp3) is 0.636. The van der Waals surface area contributed by atoms with Crippen LogP contribution in [0.5, 0.6) is 0 Å². The highest BCUT2D eigenvalue weighted by molar-refractivity contribution is 7.11. The number of nitriles is 1. The van der Waals surface area contributed by atoms with Gasteiger partial charge in [-0.3, -0.25) is 4.90 Å². The minimum absolute atomic E-state index is 0.383. The molecule has 15 heavy (non-hydrogen) atoms. The number of hydrogen-bond acceptors (Lipinski definition) is 4. The van der Waals surface area contributed by atoms with Gasteiger partial charge in [0.2, 0.25) is 0 Å². The van der Waals surface area contributed by atoms with Gasteiger partial charge in [-0.1, -0.05) is 0 Å². The quantitative estimate of drug-likeness (QED) is 0.736. The Morgan fingerprint density at radius 2 is 2.13 bits per heavy atom. The molecule has 0 unspecified atom stereocenters. The van der Waals surface area contributed by atoms with Gasteiger partial charge in [0.25, 0.3) is 0 Å². The van der Waals surface area contributed by atoms with Gasteiger partial charge in [-0.2, -0.15) is 5.26 Å². The molecule has 0 saturated heterocycles. The molecular weight excluding hydrogens is 206 g/mol. The molecule has 4 heteroatoms. The third kappa shape index (κ3) is 3.29. The van der Waals surface area contributed by atoms with Crippen LogP contribution in [0.3, 0.4) is 0 Å². The van der Waals surface area contributed by atoms with Gasteiger partial charge in [0.15, 0.2) is 0 Å². The molecule has 0 spiro atoms. The molecule has 1 rings (SSSR count). The zero-order valence-corrected chi connectivity index (χ0v) is 10.6. The lowest BCUT2D eigenvalue weighted by Crippen LogP contribution is -2.30. The Labute approximate surface area is 95.4 Å². The Kier molecular flexibility index (Phi) is 4.25. The molecule has 0 amide bonds. The van der Waals surface area contributed by atoms with Gasteiger partial charge in [0.05, 0.1) is 24.9 Å². The second-order valence-electron chi connectivity index (χ2n) is 3.91. The van der Waals surface area contributed by atoms with E-state index in [4.69, 9.17) is 5.26 Å².